The zero-order chi connectivity index (χ0) is 17.2. The summed E-state index contributed by atoms with van der Waals surface area (Å²) in [5.74, 6) is -2.09. The first-order valence-corrected chi connectivity index (χ1v) is 6.76. The van der Waals surface area contributed by atoms with E-state index in [1.807, 2.05) is 6.07 Å². The van der Waals surface area contributed by atoms with Crippen LogP contribution in [-0.4, -0.2) is 24.3 Å². The number of nitrogens with zero attached hydrogens (tertiary/aromatic N) is 1. The van der Waals surface area contributed by atoms with Gasteiger partial charge in [0.2, 0.25) is 5.76 Å². The lowest BCUT2D eigenvalue weighted by Gasteiger charge is -2.04. The van der Waals surface area contributed by atoms with Crippen molar-refractivity contribution >= 4 is 17.7 Å². The van der Waals surface area contributed by atoms with Gasteiger partial charge in [0.25, 0.3) is 0 Å². The van der Waals surface area contributed by atoms with Crippen molar-refractivity contribution in [2.45, 2.75) is 13.8 Å². The van der Waals surface area contributed by atoms with Crippen LogP contribution in [0.3, 0.4) is 0 Å². The number of benzene rings is 1. The highest BCUT2D eigenvalue weighted by molar-refractivity contribution is 6.04. The van der Waals surface area contributed by atoms with E-state index in [4.69, 9.17) is 14.7 Å². The van der Waals surface area contributed by atoms with E-state index in [0.29, 0.717) is 11.1 Å². The number of hydrogen-bond donors (Lipinski definition) is 0. The smallest absolute Gasteiger partial charge is 0.374 e. The van der Waals surface area contributed by atoms with E-state index < -0.39 is 11.9 Å². The molecule has 1 aromatic rings. The van der Waals surface area contributed by atoms with Crippen LogP contribution < -0.4 is 0 Å². The molecule has 1 aromatic carbocycles. The summed E-state index contributed by atoms with van der Waals surface area (Å²) in [6.45, 7) is 2.90. The molecular weight excluding hydrogens is 298 g/mol. The van der Waals surface area contributed by atoms with E-state index in [1.54, 1.807) is 6.92 Å². The molecule has 0 heterocycles. The first kappa shape index (κ1) is 17.9. The van der Waals surface area contributed by atoms with E-state index in [-0.39, 0.29) is 18.1 Å². The van der Waals surface area contributed by atoms with Crippen molar-refractivity contribution in [3.63, 3.8) is 0 Å². The fourth-order valence-corrected chi connectivity index (χ4v) is 1.53. The molecular formula is C17H15NO5. The van der Waals surface area contributed by atoms with Gasteiger partial charge >= 0.3 is 11.9 Å². The topological polar surface area (TPSA) is 93.5 Å². The van der Waals surface area contributed by atoms with Crippen LogP contribution in [0.25, 0.3) is 0 Å². The average Bonchev–Trinajstić information content (AvgIpc) is 2.53. The first-order chi connectivity index (χ1) is 11.0. The summed E-state index contributed by atoms with van der Waals surface area (Å²) in [6, 6.07) is 8.05. The van der Waals surface area contributed by atoms with Crippen LogP contribution in [0.5, 0.6) is 0 Å². The maximum absolute atomic E-state index is 11.9. The SMILES string of the molecule is CCOC(=O)/C(=C/C=C/C(=O)c1ccc(C#N)cc1)OC(C)=O. The van der Waals surface area contributed by atoms with Crippen LogP contribution in [0.4, 0.5) is 0 Å². The van der Waals surface area contributed by atoms with Gasteiger partial charge in [0.1, 0.15) is 0 Å². The number of carbonyl (C=O) groups excluding carboxylic acids is 3. The number of ether oxygens (including phenoxy) is 2. The zero-order valence-electron chi connectivity index (χ0n) is 12.7. The van der Waals surface area contributed by atoms with Gasteiger partial charge in [-0.05, 0) is 43.3 Å². The van der Waals surface area contributed by atoms with Crippen molar-refractivity contribution in [2.24, 2.45) is 0 Å². The van der Waals surface area contributed by atoms with E-state index in [1.165, 1.54) is 42.5 Å². The van der Waals surface area contributed by atoms with Gasteiger partial charge in [-0.1, -0.05) is 6.08 Å². The molecule has 0 aliphatic carbocycles. The molecule has 118 valence electrons. The Balaban J connectivity index is 2.85. The third-order valence-electron chi connectivity index (χ3n) is 2.52. The van der Waals surface area contributed by atoms with Gasteiger partial charge in [0, 0.05) is 12.5 Å². The molecule has 0 aliphatic rings. The number of carbonyl (C=O) groups is 3. The monoisotopic (exact) mass is 313 g/mol. The van der Waals surface area contributed by atoms with Crippen LogP contribution in [0, 0.1) is 11.3 Å². The van der Waals surface area contributed by atoms with Crippen molar-refractivity contribution < 1.29 is 23.9 Å². The average molecular weight is 313 g/mol. The van der Waals surface area contributed by atoms with Crippen LogP contribution in [0.15, 0.2) is 48.3 Å². The molecule has 0 fully saturated rings. The van der Waals surface area contributed by atoms with Gasteiger partial charge in [-0.3, -0.25) is 9.59 Å². The van der Waals surface area contributed by atoms with Gasteiger partial charge in [0.15, 0.2) is 5.78 Å². The quantitative estimate of drug-likeness (QED) is 0.263. The molecule has 0 saturated carbocycles. The Hall–Kier alpha value is -3.20. The maximum atomic E-state index is 11.9. The molecule has 6 heteroatoms. The van der Waals surface area contributed by atoms with Crippen molar-refractivity contribution in [3.05, 3.63) is 59.4 Å². The molecule has 6 nitrogen and oxygen atoms in total. The molecule has 0 aliphatic heterocycles. The van der Waals surface area contributed by atoms with Crippen LogP contribution >= 0.6 is 0 Å². The zero-order valence-corrected chi connectivity index (χ0v) is 12.7. The Morgan fingerprint density at radius 1 is 1.22 bits per heavy atom. The molecule has 1 rings (SSSR count). The molecule has 0 N–H and O–H groups in total. The van der Waals surface area contributed by atoms with Crippen molar-refractivity contribution in [2.75, 3.05) is 6.61 Å². The molecule has 0 amide bonds. The predicted octanol–water partition coefficient (Wildman–Crippen LogP) is 2.31. The lowest BCUT2D eigenvalue weighted by atomic mass is 10.1. The summed E-state index contributed by atoms with van der Waals surface area (Å²) >= 11 is 0. The Labute approximate surface area is 133 Å². The van der Waals surface area contributed by atoms with Gasteiger partial charge in [0.05, 0.1) is 18.2 Å². The maximum Gasteiger partial charge on any atom is 0.374 e. The third kappa shape index (κ3) is 5.98. The Morgan fingerprint density at radius 2 is 1.87 bits per heavy atom. The van der Waals surface area contributed by atoms with Crippen molar-refractivity contribution in [1.82, 2.24) is 0 Å². The number of nitriles is 1. The summed E-state index contributed by atoms with van der Waals surface area (Å²) in [5.41, 5.74) is 0.837. The lowest BCUT2D eigenvalue weighted by Crippen LogP contribution is -2.12. The lowest BCUT2D eigenvalue weighted by molar-refractivity contribution is -0.150. The van der Waals surface area contributed by atoms with E-state index in [9.17, 15) is 14.4 Å². The fourth-order valence-electron chi connectivity index (χ4n) is 1.53. The van der Waals surface area contributed by atoms with E-state index >= 15 is 0 Å². The second-order valence-electron chi connectivity index (χ2n) is 4.26. The highest BCUT2D eigenvalue weighted by Gasteiger charge is 2.13. The largest absolute Gasteiger partial charge is 0.460 e. The first-order valence-electron chi connectivity index (χ1n) is 6.76. The molecule has 0 aromatic heterocycles. The number of ketones is 1. The minimum absolute atomic E-state index is 0.130. The molecule has 0 atom stereocenters. The van der Waals surface area contributed by atoms with Gasteiger partial charge in [-0.2, -0.15) is 5.26 Å². The Kier molecular flexibility index (Phi) is 6.95. The van der Waals surface area contributed by atoms with Gasteiger partial charge in [-0.25, -0.2) is 4.79 Å². The minimum Gasteiger partial charge on any atom is -0.460 e. The van der Waals surface area contributed by atoms with Crippen molar-refractivity contribution in [3.8, 4) is 6.07 Å². The summed E-state index contributed by atoms with van der Waals surface area (Å²) in [5, 5.41) is 8.70. The van der Waals surface area contributed by atoms with E-state index in [2.05, 4.69) is 0 Å². The van der Waals surface area contributed by atoms with Crippen LogP contribution in [-0.2, 0) is 19.1 Å². The van der Waals surface area contributed by atoms with Gasteiger partial charge < -0.3 is 9.47 Å². The second-order valence-corrected chi connectivity index (χ2v) is 4.26. The summed E-state index contributed by atoms with van der Waals surface area (Å²) in [6.07, 6.45) is 3.68. The molecule has 0 bridgehead atoms. The molecule has 0 saturated heterocycles. The molecule has 0 unspecified atom stereocenters. The van der Waals surface area contributed by atoms with Crippen LogP contribution in [0.2, 0.25) is 0 Å². The van der Waals surface area contributed by atoms with Gasteiger partial charge in [-0.15, -0.1) is 0 Å². The second kappa shape index (κ2) is 8.95. The highest BCUT2D eigenvalue weighted by atomic mass is 16.6. The van der Waals surface area contributed by atoms with Crippen molar-refractivity contribution in [1.29, 1.82) is 5.26 Å². The normalized spacial score (nSPS) is 10.9. The fraction of sp³-hybridized carbons (Fsp3) is 0.176. The standard InChI is InChI=1S/C17H15NO5/c1-3-22-17(21)16(23-12(2)19)6-4-5-15(20)14-9-7-13(11-18)8-10-14/h4-10H,3H2,1-2H3/b5-4+,16-6-. The number of rotatable bonds is 6. The number of allylic oxidation sites excluding steroid dienone is 3. The summed E-state index contributed by atoms with van der Waals surface area (Å²) in [7, 11) is 0. The number of hydrogen-bond acceptors (Lipinski definition) is 6. The molecule has 23 heavy (non-hydrogen) atoms. The third-order valence-corrected chi connectivity index (χ3v) is 2.52. The summed E-state index contributed by atoms with van der Waals surface area (Å²) < 4.78 is 9.47. The van der Waals surface area contributed by atoms with Crippen LogP contribution in [0.1, 0.15) is 29.8 Å². The number of esters is 2. The minimum atomic E-state index is -0.793. The van der Waals surface area contributed by atoms with E-state index in [0.717, 1.165) is 6.92 Å². The Morgan fingerprint density at radius 3 is 2.39 bits per heavy atom. The predicted molar refractivity (Wildman–Crippen MR) is 81.1 cm³/mol. The molecule has 0 radical (unpaired) electrons. The highest BCUT2D eigenvalue weighted by Crippen LogP contribution is 2.06. The molecule has 0 spiro atoms. The Bertz CT molecular complexity index is 693. The summed E-state index contributed by atoms with van der Waals surface area (Å²) in [4.78, 5) is 34.5.